The zero-order valence-electron chi connectivity index (χ0n) is 8.92. The van der Waals surface area contributed by atoms with Crippen molar-refractivity contribution < 1.29 is 22.7 Å². The summed E-state index contributed by atoms with van der Waals surface area (Å²) in [6.07, 6.45) is -5.97. The van der Waals surface area contributed by atoms with Crippen LogP contribution in [0.3, 0.4) is 0 Å². The Hall–Kier alpha value is -1.44. The molecule has 1 aromatic heterocycles. The summed E-state index contributed by atoms with van der Waals surface area (Å²) < 4.78 is 49.4. The van der Waals surface area contributed by atoms with Gasteiger partial charge in [-0.25, -0.2) is 14.4 Å². The minimum Gasteiger partial charge on any atom is -0.382 e. The highest BCUT2D eigenvalue weighted by Gasteiger charge is 2.38. The Morgan fingerprint density at radius 3 is 2.59 bits per heavy atom. The Kier molecular flexibility index (Phi) is 4.22. The molecule has 1 atom stereocenters. The van der Waals surface area contributed by atoms with Crippen LogP contribution in [-0.2, 0) is 6.42 Å². The van der Waals surface area contributed by atoms with Gasteiger partial charge in [-0.1, -0.05) is 6.92 Å². The number of nitrogens with zero attached hydrogens (tertiary/aromatic N) is 2. The molecule has 0 fully saturated rings. The van der Waals surface area contributed by atoms with Crippen LogP contribution in [0.5, 0.6) is 0 Å². The van der Waals surface area contributed by atoms with Crippen molar-refractivity contribution in [1.82, 2.24) is 9.97 Å². The Bertz CT molecular complexity index is 383. The number of aromatic nitrogens is 2. The molecular weight excluding hydrogens is 242 g/mol. The van der Waals surface area contributed by atoms with E-state index in [9.17, 15) is 17.6 Å². The van der Waals surface area contributed by atoms with Gasteiger partial charge in [0.05, 0.1) is 12.2 Å². The Balaban J connectivity index is 2.70. The molecular formula is C9H11F4N3O. The fraction of sp³-hybridized carbons (Fsp3) is 0.556. The van der Waals surface area contributed by atoms with Gasteiger partial charge in [0, 0.05) is 0 Å². The van der Waals surface area contributed by atoms with Crippen molar-refractivity contribution in [2.45, 2.75) is 25.6 Å². The number of aryl methyl sites for hydroxylation is 1. The number of rotatable bonds is 4. The Morgan fingerprint density at radius 2 is 2.06 bits per heavy atom. The third kappa shape index (κ3) is 3.52. The quantitative estimate of drug-likeness (QED) is 0.799. The predicted molar refractivity (Wildman–Crippen MR) is 51.9 cm³/mol. The minimum atomic E-state index is -4.75. The van der Waals surface area contributed by atoms with E-state index in [-0.39, 0.29) is 11.5 Å². The van der Waals surface area contributed by atoms with E-state index in [4.69, 9.17) is 5.11 Å². The van der Waals surface area contributed by atoms with Crippen molar-refractivity contribution in [3.05, 3.63) is 17.8 Å². The highest BCUT2D eigenvalue weighted by molar-refractivity contribution is 5.37. The summed E-state index contributed by atoms with van der Waals surface area (Å²) in [4.78, 5) is 7.09. The van der Waals surface area contributed by atoms with E-state index in [1.807, 2.05) is 0 Å². The Morgan fingerprint density at radius 1 is 1.41 bits per heavy atom. The zero-order chi connectivity index (χ0) is 13.1. The average Bonchev–Trinajstić information content (AvgIpc) is 2.26. The van der Waals surface area contributed by atoms with Crippen molar-refractivity contribution in [3.63, 3.8) is 0 Å². The summed E-state index contributed by atoms with van der Waals surface area (Å²) >= 11 is 0. The summed E-state index contributed by atoms with van der Waals surface area (Å²) in [6, 6.07) is 0. The molecule has 1 aromatic rings. The summed E-state index contributed by atoms with van der Waals surface area (Å²) in [7, 11) is 0. The van der Waals surface area contributed by atoms with Crippen LogP contribution in [0.2, 0.25) is 0 Å². The molecule has 0 radical (unpaired) electrons. The number of anilines is 1. The molecule has 1 heterocycles. The smallest absolute Gasteiger partial charge is 0.382 e. The van der Waals surface area contributed by atoms with Crippen LogP contribution in [0.15, 0.2) is 6.33 Å². The second-order valence-corrected chi connectivity index (χ2v) is 3.27. The molecule has 17 heavy (non-hydrogen) atoms. The van der Waals surface area contributed by atoms with Gasteiger partial charge in [-0.15, -0.1) is 0 Å². The number of nitrogens with one attached hydrogen (secondary N) is 1. The van der Waals surface area contributed by atoms with Crippen molar-refractivity contribution in [3.8, 4) is 0 Å². The molecule has 0 bridgehead atoms. The van der Waals surface area contributed by atoms with Crippen LogP contribution in [0.1, 0.15) is 12.6 Å². The number of aliphatic hydroxyl groups excluding tert-OH is 1. The first-order valence-electron chi connectivity index (χ1n) is 4.84. The third-order valence-electron chi connectivity index (χ3n) is 2.04. The van der Waals surface area contributed by atoms with Gasteiger partial charge in [-0.2, -0.15) is 13.2 Å². The minimum absolute atomic E-state index is 0.101. The maximum absolute atomic E-state index is 13.5. The second-order valence-electron chi connectivity index (χ2n) is 3.27. The molecule has 96 valence electrons. The molecule has 0 spiro atoms. The molecule has 0 aliphatic carbocycles. The maximum Gasteiger partial charge on any atom is 0.416 e. The van der Waals surface area contributed by atoms with E-state index >= 15 is 0 Å². The molecule has 0 aliphatic heterocycles. The molecule has 1 rings (SSSR count). The van der Waals surface area contributed by atoms with Gasteiger partial charge in [0.2, 0.25) is 0 Å². The van der Waals surface area contributed by atoms with Crippen LogP contribution in [0.4, 0.5) is 23.4 Å². The first-order chi connectivity index (χ1) is 7.86. The maximum atomic E-state index is 13.5. The van der Waals surface area contributed by atoms with E-state index < -0.39 is 24.6 Å². The van der Waals surface area contributed by atoms with E-state index in [1.165, 1.54) is 0 Å². The number of aliphatic hydroxyl groups is 1. The summed E-state index contributed by atoms with van der Waals surface area (Å²) in [5.41, 5.74) is 0.101. The van der Waals surface area contributed by atoms with E-state index in [2.05, 4.69) is 15.3 Å². The van der Waals surface area contributed by atoms with E-state index in [0.717, 1.165) is 6.33 Å². The van der Waals surface area contributed by atoms with Crippen LogP contribution in [0.25, 0.3) is 0 Å². The highest BCUT2D eigenvalue weighted by Crippen LogP contribution is 2.21. The van der Waals surface area contributed by atoms with Crippen LogP contribution >= 0.6 is 0 Å². The van der Waals surface area contributed by atoms with Crippen LogP contribution < -0.4 is 5.32 Å². The molecule has 8 heteroatoms. The lowest BCUT2D eigenvalue weighted by molar-refractivity contribution is -0.198. The topological polar surface area (TPSA) is 58.0 Å². The van der Waals surface area contributed by atoms with Gasteiger partial charge in [0.25, 0.3) is 0 Å². The molecule has 1 unspecified atom stereocenters. The lowest BCUT2D eigenvalue weighted by Gasteiger charge is -2.15. The fourth-order valence-electron chi connectivity index (χ4n) is 1.09. The van der Waals surface area contributed by atoms with Gasteiger partial charge in [-0.3, -0.25) is 0 Å². The van der Waals surface area contributed by atoms with Gasteiger partial charge in [-0.05, 0) is 6.42 Å². The predicted octanol–water partition coefficient (Wildman–Crippen LogP) is 1.51. The first-order valence-corrected chi connectivity index (χ1v) is 4.84. The number of hydrogen-bond donors (Lipinski definition) is 2. The van der Waals surface area contributed by atoms with Gasteiger partial charge in [0.1, 0.15) is 6.33 Å². The Labute approximate surface area is 94.7 Å². The third-order valence-corrected chi connectivity index (χ3v) is 2.04. The van der Waals surface area contributed by atoms with Crippen LogP contribution in [-0.4, -0.2) is 33.9 Å². The molecule has 0 aromatic carbocycles. The molecule has 0 saturated carbocycles. The standard InChI is InChI=1S/C9H11F4N3O/c1-2-5-7(10)8(16-4-15-5)14-3-6(17)9(11,12)13/h4,6,17H,2-3H2,1H3,(H,14,15,16). The van der Waals surface area contributed by atoms with Crippen LogP contribution in [0, 0.1) is 5.82 Å². The second kappa shape index (κ2) is 5.26. The zero-order valence-corrected chi connectivity index (χ0v) is 8.92. The number of halogens is 4. The molecule has 4 nitrogen and oxygen atoms in total. The molecule has 0 saturated heterocycles. The van der Waals surface area contributed by atoms with Crippen molar-refractivity contribution in [2.24, 2.45) is 0 Å². The molecule has 2 N–H and O–H groups in total. The first kappa shape index (κ1) is 13.6. The highest BCUT2D eigenvalue weighted by atomic mass is 19.4. The monoisotopic (exact) mass is 253 g/mol. The van der Waals surface area contributed by atoms with E-state index in [0.29, 0.717) is 6.42 Å². The van der Waals surface area contributed by atoms with Gasteiger partial charge >= 0.3 is 6.18 Å². The number of hydrogen-bond acceptors (Lipinski definition) is 4. The molecule has 0 aliphatic rings. The lowest BCUT2D eigenvalue weighted by Crippen LogP contribution is -2.35. The fourth-order valence-corrected chi connectivity index (χ4v) is 1.09. The lowest BCUT2D eigenvalue weighted by atomic mass is 10.3. The van der Waals surface area contributed by atoms with Crippen molar-refractivity contribution in [2.75, 3.05) is 11.9 Å². The van der Waals surface area contributed by atoms with Crippen molar-refractivity contribution >= 4 is 5.82 Å². The normalized spacial score (nSPS) is 13.5. The van der Waals surface area contributed by atoms with Crippen molar-refractivity contribution in [1.29, 1.82) is 0 Å². The summed E-state index contributed by atoms with van der Waals surface area (Å²) in [5.74, 6) is -1.15. The average molecular weight is 253 g/mol. The molecule has 0 amide bonds. The largest absolute Gasteiger partial charge is 0.416 e. The summed E-state index contributed by atoms with van der Waals surface area (Å²) in [6.45, 7) is 0.792. The number of alkyl halides is 3. The van der Waals surface area contributed by atoms with Gasteiger partial charge < -0.3 is 10.4 Å². The SMILES string of the molecule is CCc1ncnc(NCC(O)C(F)(F)F)c1F. The summed E-state index contributed by atoms with van der Waals surface area (Å²) in [5, 5.41) is 10.8. The van der Waals surface area contributed by atoms with Gasteiger partial charge in [0.15, 0.2) is 17.7 Å². The van der Waals surface area contributed by atoms with E-state index in [1.54, 1.807) is 6.92 Å².